The van der Waals surface area contributed by atoms with Gasteiger partial charge in [-0.15, -0.1) is 0 Å². The Labute approximate surface area is 200 Å². The van der Waals surface area contributed by atoms with Gasteiger partial charge in [-0.25, -0.2) is 0 Å². The van der Waals surface area contributed by atoms with Crippen LogP contribution in [0.25, 0.3) is 0 Å². The third kappa shape index (κ3) is 3.71. The number of aromatic hydroxyl groups is 1. The van der Waals surface area contributed by atoms with Crippen LogP contribution in [0.1, 0.15) is 61.6 Å². The molecule has 7 heteroatoms. The molecular weight excluding hydrogens is 432 g/mol. The molecule has 2 saturated carbocycles. The van der Waals surface area contributed by atoms with Crippen molar-refractivity contribution in [3.05, 3.63) is 58.0 Å². The van der Waals surface area contributed by atoms with Gasteiger partial charge in [-0.05, 0) is 90.7 Å². The second-order valence-corrected chi connectivity index (χ2v) is 10.1. The van der Waals surface area contributed by atoms with Gasteiger partial charge in [-0.3, -0.25) is 0 Å². The Bertz CT molecular complexity index is 1120. The second-order valence-electron chi connectivity index (χ2n) is 10.1. The molecular formula is C27H32N2O5. The highest BCUT2D eigenvalue weighted by atomic mass is 16.6. The third-order valence-electron chi connectivity index (χ3n) is 8.54. The standard InChI is InChI=1S/C27H32N2O5/c1-27-10-9-18-19-14-25(33-3)24(30)13-21(19)23(12-20(18)22(27)7-8-26(27)28-31)29-34-15-16-5-4-6-17(11-16)32-2/h4-6,11,13-14,18,20,22,26,30H,7-10,12,15H2,1-3H3/t18-,20-,22+,26?,27+/m1/s1. The Balaban J connectivity index is 1.48. The summed E-state index contributed by atoms with van der Waals surface area (Å²) in [5.41, 5.74) is 3.82. The highest BCUT2D eigenvalue weighted by Gasteiger charge is 2.56. The lowest BCUT2D eigenvalue weighted by Crippen LogP contribution is -2.44. The molecule has 0 bridgehead atoms. The van der Waals surface area contributed by atoms with Crippen LogP contribution in [0.5, 0.6) is 17.2 Å². The molecule has 3 aliphatic carbocycles. The van der Waals surface area contributed by atoms with E-state index >= 15 is 0 Å². The summed E-state index contributed by atoms with van der Waals surface area (Å²) in [5.74, 6) is 2.45. The van der Waals surface area contributed by atoms with E-state index in [0.717, 1.165) is 60.3 Å². The molecule has 0 amide bonds. The Morgan fingerprint density at radius 2 is 1.97 bits per heavy atom. The van der Waals surface area contributed by atoms with Crippen LogP contribution in [0.15, 0.2) is 46.7 Å². The van der Waals surface area contributed by atoms with Crippen LogP contribution in [0.2, 0.25) is 0 Å². The number of fused-ring (bicyclic) bond motifs is 5. The first-order valence-corrected chi connectivity index (χ1v) is 12.0. The molecule has 0 saturated heterocycles. The van der Waals surface area contributed by atoms with E-state index in [1.165, 1.54) is 0 Å². The Kier molecular flexibility index (Phi) is 5.96. The molecule has 180 valence electrons. The number of ether oxygens (including phenoxy) is 2. The average Bonchev–Trinajstić information content (AvgIpc) is 3.20. The third-order valence-corrected chi connectivity index (χ3v) is 8.54. The monoisotopic (exact) mass is 464 g/mol. The molecule has 0 aromatic heterocycles. The van der Waals surface area contributed by atoms with Gasteiger partial charge in [0.2, 0.25) is 0 Å². The van der Waals surface area contributed by atoms with Crippen molar-refractivity contribution in [3.8, 4) is 17.2 Å². The summed E-state index contributed by atoms with van der Waals surface area (Å²) in [4.78, 5) is 17.4. The van der Waals surface area contributed by atoms with E-state index < -0.39 is 0 Å². The normalized spacial score (nSPS) is 30.7. The molecule has 0 heterocycles. The van der Waals surface area contributed by atoms with Crippen LogP contribution in [0.3, 0.4) is 0 Å². The number of phenolic OH excluding ortho intramolecular Hbond substituents is 1. The van der Waals surface area contributed by atoms with Gasteiger partial charge in [-0.1, -0.05) is 29.4 Å². The number of oxime groups is 1. The van der Waals surface area contributed by atoms with Crippen LogP contribution in [0.4, 0.5) is 0 Å². The lowest BCUT2D eigenvalue weighted by Gasteiger charge is -2.49. The maximum absolute atomic E-state index is 11.6. The van der Waals surface area contributed by atoms with Crippen molar-refractivity contribution < 1.29 is 19.4 Å². The molecule has 34 heavy (non-hydrogen) atoms. The molecule has 5 rings (SSSR count). The zero-order chi connectivity index (χ0) is 23.9. The van der Waals surface area contributed by atoms with E-state index in [0.29, 0.717) is 30.1 Å². The smallest absolute Gasteiger partial charge is 0.160 e. The summed E-state index contributed by atoms with van der Waals surface area (Å²) < 4.78 is 10.7. The second kappa shape index (κ2) is 8.93. The molecule has 5 atom stereocenters. The summed E-state index contributed by atoms with van der Waals surface area (Å²) in [7, 11) is 3.21. The van der Waals surface area contributed by atoms with Crippen molar-refractivity contribution >= 4 is 5.71 Å². The maximum Gasteiger partial charge on any atom is 0.160 e. The van der Waals surface area contributed by atoms with Crippen LogP contribution >= 0.6 is 0 Å². The molecule has 3 aliphatic rings. The van der Waals surface area contributed by atoms with Crippen LogP contribution in [-0.2, 0) is 11.4 Å². The molecule has 2 aromatic carbocycles. The van der Waals surface area contributed by atoms with Gasteiger partial charge >= 0.3 is 0 Å². The highest BCUT2D eigenvalue weighted by Crippen LogP contribution is 2.62. The van der Waals surface area contributed by atoms with Gasteiger partial charge in [0.25, 0.3) is 0 Å². The SMILES string of the molecule is COc1cccc(CON=C2C[C@@H]3[C@H](CC[C@]4(C)C(N=O)CC[C@@H]34)c3cc(OC)c(O)cc32)c1. The van der Waals surface area contributed by atoms with Gasteiger partial charge in [0.05, 0.1) is 26.0 Å². The molecule has 1 N–H and O–H groups in total. The summed E-state index contributed by atoms with van der Waals surface area (Å²) in [6, 6.07) is 11.3. The fourth-order valence-corrected chi connectivity index (χ4v) is 6.77. The minimum Gasteiger partial charge on any atom is -0.504 e. The molecule has 0 aliphatic heterocycles. The van der Waals surface area contributed by atoms with E-state index in [2.05, 4.69) is 17.3 Å². The van der Waals surface area contributed by atoms with Crippen molar-refractivity contribution in [2.45, 2.75) is 57.6 Å². The minimum absolute atomic E-state index is 0.0615. The van der Waals surface area contributed by atoms with Crippen molar-refractivity contribution in [1.82, 2.24) is 0 Å². The summed E-state index contributed by atoms with van der Waals surface area (Å²) in [5, 5.41) is 18.6. The van der Waals surface area contributed by atoms with Crippen molar-refractivity contribution in [2.75, 3.05) is 14.2 Å². The number of nitrogens with zero attached hydrogens (tertiary/aromatic N) is 2. The first-order valence-electron chi connectivity index (χ1n) is 12.0. The average molecular weight is 465 g/mol. The van der Waals surface area contributed by atoms with Crippen LogP contribution < -0.4 is 9.47 Å². The lowest BCUT2D eigenvalue weighted by atomic mass is 9.55. The van der Waals surface area contributed by atoms with E-state index in [-0.39, 0.29) is 17.2 Å². The van der Waals surface area contributed by atoms with Crippen molar-refractivity contribution in [1.29, 1.82) is 0 Å². The molecule has 2 fully saturated rings. The van der Waals surface area contributed by atoms with Gasteiger partial charge in [-0.2, -0.15) is 4.91 Å². The maximum atomic E-state index is 11.6. The van der Waals surface area contributed by atoms with Crippen LogP contribution in [-0.4, -0.2) is 31.1 Å². The molecule has 0 spiro atoms. The molecule has 0 radical (unpaired) electrons. The van der Waals surface area contributed by atoms with Gasteiger partial charge in [0, 0.05) is 5.56 Å². The Morgan fingerprint density at radius 3 is 2.74 bits per heavy atom. The minimum atomic E-state index is -0.112. The number of hydrogen-bond donors (Lipinski definition) is 1. The number of phenols is 1. The number of rotatable bonds is 6. The quantitative estimate of drug-likeness (QED) is 0.432. The molecule has 1 unspecified atom stereocenters. The Hall–Kier alpha value is -3.09. The van der Waals surface area contributed by atoms with E-state index in [9.17, 15) is 10.0 Å². The van der Waals surface area contributed by atoms with Crippen molar-refractivity contribution in [3.63, 3.8) is 0 Å². The first kappa shape index (κ1) is 22.7. The zero-order valence-electron chi connectivity index (χ0n) is 20.0. The van der Waals surface area contributed by atoms with Crippen molar-refractivity contribution in [2.24, 2.45) is 27.6 Å². The zero-order valence-corrected chi connectivity index (χ0v) is 20.0. The topological polar surface area (TPSA) is 89.7 Å². The van der Waals surface area contributed by atoms with E-state index in [4.69, 9.17) is 14.3 Å². The Morgan fingerprint density at radius 1 is 1.12 bits per heavy atom. The fourth-order valence-electron chi connectivity index (χ4n) is 6.77. The number of nitroso groups, excluding NO2 is 1. The number of benzene rings is 2. The fraction of sp³-hybridized carbons (Fsp3) is 0.519. The summed E-state index contributed by atoms with van der Waals surface area (Å²) in [6.45, 7) is 2.57. The lowest BCUT2D eigenvalue weighted by molar-refractivity contribution is 0.0591. The number of hydrogen-bond acceptors (Lipinski definition) is 7. The van der Waals surface area contributed by atoms with E-state index in [1.807, 2.05) is 30.3 Å². The molecule has 7 nitrogen and oxygen atoms in total. The summed E-state index contributed by atoms with van der Waals surface area (Å²) in [6.07, 6.45) is 4.60. The van der Waals surface area contributed by atoms with Gasteiger partial charge < -0.3 is 19.4 Å². The summed E-state index contributed by atoms with van der Waals surface area (Å²) >= 11 is 0. The highest BCUT2D eigenvalue weighted by molar-refractivity contribution is 6.03. The number of methoxy groups -OCH3 is 2. The first-order chi connectivity index (χ1) is 16.5. The van der Waals surface area contributed by atoms with Gasteiger partial charge in [0.1, 0.15) is 12.4 Å². The van der Waals surface area contributed by atoms with Gasteiger partial charge in [0.15, 0.2) is 11.5 Å². The predicted octanol–water partition coefficient (Wildman–Crippen LogP) is 5.78. The molecule has 2 aromatic rings. The van der Waals surface area contributed by atoms with Crippen LogP contribution in [0, 0.1) is 22.2 Å². The van der Waals surface area contributed by atoms with E-state index in [1.54, 1.807) is 20.3 Å². The largest absolute Gasteiger partial charge is 0.504 e. The predicted molar refractivity (Wildman–Crippen MR) is 129 cm³/mol.